The van der Waals surface area contributed by atoms with Crippen LogP contribution in [0.3, 0.4) is 0 Å². The summed E-state index contributed by atoms with van der Waals surface area (Å²) in [5, 5.41) is 6.87. The maximum Gasteiger partial charge on any atom is 0.573 e. The van der Waals surface area contributed by atoms with Crippen LogP contribution in [-0.4, -0.2) is 43.3 Å². The Morgan fingerprint density at radius 2 is 1.49 bits per heavy atom. The van der Waals surface area contributed by atoms with Crippen LogP contribution >= 0.6 is 11.6 Å². The van der Waals surface area contributed by atoms with Gasteiger partial charge in [-0.05, 0) is 55.8 Å². The Morgan fingerprint density at radius 3 is 2.13 bits per heavy atom. The van der Waals surface area contributed by atoms with Gasteiger partial charge in [-0.3, -0.25) is 14.4 Å². The Bertz CT molecular complexity index is 1610. The predicted octanol–water partition coefficient (Wildman–Crippen LogP) is 7.27. The summed E-state index contributed by atoms with van der Waals surface area (Å²) >= 11 is 6.15. The molecule has 0 fully saturated rings. The lowest BCUT2D eigenvalue weighted by Gasteiger charge is -2.26. The quantitative estimate of drug-likeness (QED) is 0.173. The van der Waals surface area contributed by atoms with E-state index in [0.29, 0.717) is 13.8 Å². The summed E-state index contributed by atoms with van der Waals surface area (Å²) in [6.07, 6.45) is -12.7. The van der Waals surface area contributed by atoms with Gasteiger partial charge in [-0.25, -0.2) is 8.78 Å². The molecule has 0 unspecified atom stereocenters. The summed E-state index contributed by atoms with van der Waals surface area (Å²) in [6, 6.07) is 12.2. The van der Waals surface area contributed by atoms with E-state index in [2.05, 4.69) is 20.7 Å². The molecule has 0 saturated heterocycles. The Labute approximate surface area is 267 Å². The molecule has 3 aromatic carbocycles. The molecule has 17 heteroatoms. The number of carbonyl (C=O) groups excluding carboxylic acids is 3. The van der Waals surface area contributed by atoms with Crippen LogP contribution in [0.25, 0.3) is 0 Å². The third kappa shape index (κ3) is 10.2. The van der Waals surface area contributed by atoms with Crippen molar-refractivity contribution in [2.45, 2.75) is 45.9 Å². The number of ether oxygens (including phenoxy) is 2. The molecule has 0 radical (unpaired) electrons. The highest BCUT2D eigenvalue weighted by molar-refractivity contribution is 6.34. The van der Waals surface area contributed by atoms with Crippen LogP contribution < -0.4 is 25.4 Å². The number of nitrogens with one attached hydrogen (secondary N) is 3. The van der Waals surface area contributed by atoms with Crippen LogP contribution in [0.15, 0.2) is 60.7 Å². The van der Waals surface area contributed by atoms with Gasteiger partial charge in [0.05, 0.1) is 16.1 Å². The summed E-state index contributed by atoms with van der Waals surface area (Å²) in [7, 11) is 0. The molecule has 3 rings (SSSR count). The number of hydrogen-bond acceptors (Lipinski definition) is 5. The zero-order chi connectivity index (χ0) is 35.2. The van der Waals surface area contributed by atoms with Crippen LogP contribution in [0.2, 0.25) is 5.02 Å². The lowest BCUT2D eigenvalue weighted by Crippen LogP contribution is -2.46. The Morgan fingerprint density at radius 1 is 0.809 bits per heavy atom. The van der Waals surface area contributed by atoms with Gasteiger partial charge in [0.25, 0.3) is 18.2 Å². The first-order chi connectivity index (χ1) is 21.8. The smallest absolute Gasteiger partial charge is 0.487 e. The summed E-state index contributed by atoms with van der Waals surface area (Å²) in [5.41, 5.74) is -3.13. The lowest BCUT2D eigenvalue weighted by atomic mass is 9.91. The van der Waals surface area contributed by atoms with E-state index < -0.39 is 61.0 Å². The molecular weight excluding hydrogens is 670 g/mol. The number of halogens is 9. The fraction of sp³-hybridized carbons (Fsp3) is 0.300. The minimum Gasteiger partial charge on any atom is -0.487 e. The topological polar surface area (TPSA) is 106 Å². The van der Waals surface area contributed by atoms with Gasteiger partial charge in [0.15, 0.2) is 0 Å². The Hall–Kier alpha value is -4.60. The van der Waals surface area contributed by atoms with Crippen LogP contribution in [0.1, 0.15) is 45.7 Å². The van der Waals surface area contributed by atoms with Crippen molar-refractivity contribution in [2.24, 2.45) is 5.41 Å². The van der Waals surface area contributed by atoms with E-state index in [-0.39, 0.29) is 45.3 Å². The molecule has 0 bridgehead atoms. The van der Waals surface area contributed by atoms with Crippen molar-refractivity contribution >= 4 is 35.0 Å². The van der Waals surface area contributed by atoms with Gasteiger partial charge < -0.3 is 25.4 Å². The second-order valence-corrected chi connectivity index (χ2v) is 10.7. The van der Waals surface area contributed by atoms with Crippen molar-refractivity contribution in [1.29, 1.82) is 0 Å². The molecule has 3 amide bonds. The zero-order valence-corrected chi connectivity index (χ0v) is 25.2. The van der Waals surface area contributed by atoms with E-state index in [0.717, 1.165) is 18.2 Å². The summed E-state index contributed by atoms with van der Waals surface area (Å²) in [4.78, 5) is 38.3. The number of benzene rings is 3. The monoisotopic (exact) mass is 695 g/mol. The molecule has 3 aromatic rings. The third-order valence-corrected chi connectivity index (χ3v) is 6.82. The number of hydrogen-bond donors (Lipinski definition) is 3. The third-order valence-electron chi connectivity index (χ3n) is 6.49. The van der Waals surface area contributed by atoms with Gasteiger partial charge in [0, 0.05) is 24.3 Å². The minimum atomic E-state index is -5.01. The highest BCUT2D eigenvalue weighted by Crippen LogP contribution is 2.37. The molecule has 0 aliphatic heterocycles. The van der Waals surface area contributed by atoms with E-state index >= 15 is 0 Å². The van der Waals surface area contributed by atoms with Crippen molar-refractivity contribution in [3.63, 3.8) is 0 Å². The summed E-state index contributed by atoms with van der Waals surface area (Å²) in [6.45, 7) is -0.541. The van der Waals surface area contributed by atoms with Gasteiger partial charge in [-0.15, -0.1) is 13.2 Å². The first-order valence-electron chi connectivity index (χ1n) is 13.4. The highest BCUT2D eigenvalue weighted by Gasteiger charge is 2.52. The van der Waals surface area contributed by atoms with Gasteiger partial charge in [-0.2, -0.15) is 13.2 Å². The molecule has 0 atom stereocenters. The SMILES string of the molecule is CC(C)(C(=O)NCc1ccc(Cl)c(C(=O)Nc2ccc(OCC(F)F)c(C(=O)NCc3ccccc3OC(F)(F)F)c2)c1)C(F)(F)F. The van der Waals surface area contributed by atoms with E-state index in [1.807, 2.05) is 0 Å². The molecule has 3 N–H and O–H groups in total. The standard InChI is InChI=1S/C30H26ClF8N3O5/c1-28(2,29(34,35)36)27(45)41-13-16-7-9-21(31)19(11-16)26(44)42-18-8-10-23(46-15-24(32)33)20(12-18)25(43)40-14-17-5-3-4-6-22(17)47-30(37,38)39/h3-12,24H,13-15H2,1-2H3,(H,40,43)(H,41,45)(H,42,44). The molecule has 0 aliphatic carbocycles. The van der Waals surface area contributed by atoms with Crippen LogP contribution in [0.5, 0.6) is 11.5 Å². The number of rotatable bonds is 12. The van der Waals surface area contributed by atoms with Crippen molar-refractivity contribution in [3.05, 3.63) is 87.9 Å². The van der Waals surface area contributed by atoms with E-state index in [1.165, 1.54) is 42.5 Å². The minimum absolute atomic E-state index is 0.0629. The van der Waals surface area contributed by atoms with Crippen LogP contribution in [0.4, 0.5) is 40.8 Å². The maximum absolute atomic E-state index is 13.2. The second-order valence-electron chi connectivity index (χ2n) is 10.3. The fourth-order valence-electron chi connectivity index (χ4n) is 3.80. The predicted molar refractivity (Wildman–Crippen MR) is 153 cm³/mol. The molecule has 254 valence electrons. The van der Waals surface area contributed by atoms with Gasteiger partial charge in [0.1, 0.15) is 23.5 Å². The highest BCUT2D eigenvalue weighted by atomic mass is 35.5. The molecule has 0 aromatic heterocycles. The first kappa shape index (κ1) is 36.9. The summed E-state index contributed by atoms with van der Waals surface area (Å²) < 4.78 is 112. The summed E-state index contributed by atoms with van der Waals surface area (Å²) in [5.74, 6) is -4.05. The molecule has 0 saturated carbocycles. The number of anilines is 1. The van der Waals surface area contributed by atoms with Crippen molar-refractivity contribution in [3.8, 4) is 11.5 Å². The normalized spacial score (nSPS) is 12.0. The van der Waals surface area contributed by atoms with Gasteiger partial charge in [0.2, 0.25) is 5.91 Å². The second kappa shape index (κ2) is 14.9. The molecule has 47 heavy (non-hydrogen) atoms. The molecule has 8 nitrogen and oxygen atoms in total. The Kier molecular flexibility index (Phi) is 11.7. The number of para-hydroxylation sites is 1. The van der Waals surface area contributed by atoms with Crippen molar-refractivity contribution in [1.82, 2.24) is 10.6 Å². The Balaban J connectivity index is 1.81. The van der Waals surface area contributed by atoms with Gasteiger partial charge >= 0.3 is 12.5 Å². The van der Waals surface area contributed by atoms with E-state index in [4.69, 9.17) is 16.3 Å². The lowest BCUT2D eigenvalue weighted by molar-refractivity contribution is -0.274. The van der Waals surface area contributed by atoms with E-state index in [9.17, 15) is 49.5 Å². The number of carbonyl (C=O) groups is 3. The zero-order valence-electron chi connectivity index (χ0n) is 24.4. The number of amides is 3. The number of alkyl halides is 8. The average Bonchev–Trinajstić information content (AvgIpc) is 2.97. The molecular formula is C30H26ClF8N3O5. The van der Waals surface area contributed by atoms with Crippen LogP contribution in [-0.2, 0) is 17.9 Å². The van der Waals surface area contributed by atoms with Crippen LogP contribution in [0, 0.1) is 5.41 Å². The van der Waals surface area contributed by atoms with Crippen molar-refractivity contribution < 1.29 is 59.0 Å². The van der Waals surface area contributed by atoms with Crippen molar-refractivity contribution in [2.75, 3.05) is 11.9 Å². The largest absolute Gasteiger partial charge is 0.573 e. The fourth-order valence-corrected chi connectivity index (χ4v) is 4.00. The van der Waals surface area contributed by atoms with E-state index in [1.54, 1.807) is 0 Å². The molecule has 0 aliphatic rings. The molecule has 0 heterocycles. The average molecular weight is 696 g/mol. The van der Waals surface area contributed by atoms with Gasteiger partial charge in [-0.1, -0.05) is 35.9 Å². The first-order valence-corrected chi connectivity index (χ1v) is 13.8. The molecule has 0 spiro atoms. The maximum atomic E-state index is 13.2.